The molecular weight excluding hydrogens is 258 g/mol. The highest BCUT2D eigenvalue weighted by molar-refractivity contribution is 5.97. The SMILES string of the molecule is CC(C)CNC(=O)CC(=O)N/N=C/c1ccc(O)cc1. The van der Waals surface area contributed by atoms with Crippen LogP contribution < -0.4 is 10.7 Å². The number of hydrazone groups is 1. The summed E-state index contributed by atoms with van der Waals surface area (Å²) in [5.41, 5.74) is 3.00. The second-order valence-corrected chi connectivity index (χ2v) is 4.76. The summed E-state index contributed by atoms with van der Waals surface area (Å²) in [6.45, 7) is 4.49. The molecule has 0 bridgehead atoms. The highest BCUT2D eigenvalue weighted by atomic mass is 16.3. The van der Waals surface area contributed by atoms with Gasteiger partial charge in [0.05, 0.1) is 6.21 Å². The maximum absolute atomic E-state index is 11.4. The Kier molecular flexibility index (Phi) is 6.22. The van der Waals surface area contributed by atoms with Crippen molar-refractivity contribution >= 4 is 18.0 Å². The zero-order chi connectivity index (χ0) is 15.0. The van der Waals surface area contributed by atoms with Crippen LogP contribution in [0.15, 0.2) is 29.4 Å². The van der Waals surface area contributed by atoms with E-state index in [0.717, 1.165) is 5.56 Å². The van der Waals surface area contributed by atoms with Crippen molar-refractivity contribution in [1.82, 2.24) is 10.7 Å². The molecule has 0 saturated heterocycles. The second kappa shape index (κ2) is 7.93. The lowest BCUT2D eigenvalue weighted by Crippen LogP contribution is -2.32. The zero-order valence-electron chi connectivity index (χ0n) is 11.6. The van der Waals surface area contributed by atoms with Crippen LogP contribution in [-0.2, 0) is 9.59 Å². The van der Waals surface area contributed by atoms with Gasteiger partial charge in [-0.25, -0.2) is 5.43 Å². The molecule has 0 saturated carbocycles. The standard InChI is InChI=1S/C14H19N3O3/c1-10(2)8-15-13(19)7-14(20)17-16-9-11-3-5-12(18)6-4-11/h3-6,9-10,18H,7-8H2,1-2H3,(H,15,19)(H,17,20)/b16-9+. The molecular formula is C14H19N3O3. The molecule has 0 aromatic heterocycles. The number of nitrogens with zero attached hydrogens (tertiary/aromatic N) is 1. The predicted molar refractivity (Wildman–Crippen MR) is 76.3 cm³/mol. The number of aromatic hydroxyl groups is 1. The summed E-state index contributed by atoms with van der Waals surface area (Å²) in [7, 11) is 0. The maximum atomic E-state index is 11.4. The molecule has 0 heterocycles. The Bertz CT molecular complexity index is 481. The minimum absolute atomic E-state index is 0.160. The number of phenolic OH excluding ortho intramolecular Hbond substituents is 1. The molecule has 0 fully saturated rings. The van der Waals surface area contributed by atoms with E-state index in [2.05, 4.69) is 15.8 Å². The van der Waals surface area contributed by atoms with Crippen LogP contribution >= 0.6 is 0 Å². The van der Waals surface area contributed by atoms with Crippen molar-refractivity contribution in [2.45, 2.75) is 20.3 Å². The van der Waals surface area contributed by atoms with E-state index in [-0.39, 0.29) is 18.1 Å². The molecule has 0 spiro atoms. The van der Waals surface area contributed by atoms with Crippen LogP contribution in [0.2, 0.25) is 0 Å². The Balaban J connectivity index is 2.32. The average Bonchev–Trinajstić information content (AvgIpc) is 2.38. The van der Waals surface area contributed by atoms with Gasteiger partial charge in [-0.2, -0.15) is 5.10 Å². The second-order valence-electron chi connectivity index (χ2n) is 4.76. The quantitative estimate of drug-likeness (QED) is 0.411. The highest BCUT2D eigenvalue weighted by Gasteiger charge is 2.08. The lowest BCUT2D eigenvalue weighted by Gasteiger charge is -2.06. The molecule has 0 atom stereocenters. The van der Waals surface area contributed by atoms with E-state index in [1.54, 1.807) is 12.1 Å². The fraction of sp³-hybridized carbons (Fsp3) is 0.357. The largest absolute Gasteiger partial charge is 0.508 e. The van der Waals surface area contributed by atoms with Gasteiger partial charge in [-0.05, 0) is 35.7 Å². The molecule has 6 heteroatoms. The van der Waals surface area contributed by atoms with Crippen LogP contribution in [0.3, 0.4) is 0 Å². The van der Waals surface area contributed by atoms with Gasteiger partial charge in [0.2, 0.25) is 11.8 Å². The van der Waals surface area contributed by atoms with Gasteiger partial charge in [-0.15, -0.1) is 0 Å². The van der Waals surface area contributed by atoms with Crippen molar-refractivity contribution in [3.05, 3.63) is 29.8 Å². The summed E-state index contributed by atoms with van der Waals surface area (Å²) < 4.78 is 0. The minimum Gasteiger partial charge on any atom is -0.508 e. The molecule has 1 rings (SSSR count). The molecule has 0 unspecified atom stereocenters. The molecule has 2 amide bonds. The third-order valence-corrected chi connectivity index (χ3v) is 2.32. The Morgan fingerprint density at radius 3 is 2.50 bits per heavy atom. The van der Waals surface area contributed by atoms with Gasteiger partial charge in [0.1, 0.15) is 12.2 Å². The Hall–Kier alpha value is -2.37. The first-order chi connectivity index (χ1) is 9.47. The van der Waals surface area contributed by atoms with E-state index < -0.39 is 5.91 Å². The van der Waals surface area contributed by atoms with E-state index in [4.69, 9.17) is 5.11 Å². The first-order valence-electron chi connectivity index (χ1n) is 6.35. The third-order valence-electron chi connectivity index (χ3n) is 2.32. The zero-order valence-corrected chi connectivity index (χ0v) is 11.6. The first kappa shape index (κ1) is 15.7. The van der Waals surface area contributed by atoms with E-state index >= 15 is 0 Å². The summed E-state index contributed by atoms with van der Waals surface area (Å²) in [6, 6.07) is 6.34. The van der Waals surface area contributed by atoms with Gasteiger partial charge in [0.15, 0.2) is 0 Å². The number of nitrogens with one attached hydrogen (secondary N) is 2. The van der Waals surface area contributed by atoms with E-state index in [1.807, 2.05) is 13.8 Å². The fourth-order valence-corrected chi connectivity index (χ4v) is 1.31. The number of benzene rings is 1. The average molecular weight is 277 g/mol. The van der Waals surface area contributed by atoms with Crippen LogP contribution in [-0.4, -0.2) is 29.7 Å². The minimum atomic E-state index is -0.471. The van der Waals surface area contributed by atoms with Gasteiger partial charge < -0.3 is 10.4 Å². The molecule has 1 aromatic carbocycles. The summed E-state index contributed by atoms with van der Waals surface area (Å²) in [5, 5.41) is 15.5. The van der Waals surface area contributed by atoms with Crippen molar-refractivity contribution in [2.24, 2.45) is 11.0 Å². The van der Waals surface area contributed by atoms with Crippen LogP contribution in [0, 0.1) is 5.92 Å². The van der Waals surface area contributed by atoms with Gasteiger partial charge >= 0.3 is 0 Å². The number of carbonyl (C=O) groups excluding carboxylic acids is 2. The predicted octanol–water partition coefficient (Wildman–Crippen LogP) is 1.00. The topological polar surface area (TPSA) is 90.8 Å². The Morgan fingerprint density at radius 1 is 1.25 bits per heavy atom. The van der Waals surface area contributed by atoms with Crippen molar-refractivity contribution in [3.63, 3.8) is 0 Å². The molecule has 20 heavy (non-hydrogen) atoms. The van der Waals surface area contributed by atoms with Crippen LogP contribution in [0.4, 0.5) is 0 Å². The summed E-state index contributed by atoms with van der Waals surface area (Å²) in [6.07, 6.45) is 1.18. The monoisotopic (exact) mass is 277 g/mol. The normalized spacial score (nSPS) is 10.8. The van der Waals surface area contributed by atoms with Crippen LogP contribution in [0.25, 0.3) is 0 Å². The Morgan fingerprint density at radius 2 is 1.90 bits per heavy atom. The first-order valence-corrected chi connectivity index (χ1v) is 6.35. The summed E-state index contributed by atoms with van der Waals surface area (Å²) in [4.78, 5) is 22.8. The van der Waals surface area contributed by atoms with Gasteiger partial charge in [-0.3, -0.25) is 9.59 Å². The van der Waals surface area contributed by atoms with Crippen molar-refractivity contribution in [2.75, 3.05) is 6.54 Å². The van der Waals surface area contributed by atoms with Gasteiger partial charge in [0.25, 0.3) is 0 Å². The van der Waals surface area contributed by atoms with Crippen LogP contribution in [0.1, 0.15) is 25.8 Å². The molecule has 6 nitrogen and oxygen atoms in total. The fourth-order valence-electron chi connectivity index (χ4n) is 1.31. The van der Waals surface area contributed by atoms with Gasteiger partial charge in [0, 0.05) is 6.54 Å². The molecule has 0 aliphatic carbocycles. The van der Waals surface area contributed by atoms with Crippen molar-refractivity contribution in [3.8, 4) is 5.75 Å². The lowest BCUT2D eigenvalue weighted by atomic mass is 10.2. The smallest absolute Gasteiger partial charge is 0.249 e. The number of carbonyl (C=O) groups is 2. The Labute approximate surface area is 117 Å². The highest BCUT2D eigenvalue weighted by Crippen LogP contribution is 2.07. The number of rotatable bonds is 6. The molecule has 0 aliphatic rings. The molecule has 0 radical (unpaired) electrons. The van der Waals surface area contributed by atoms with Crippen LogP contribution in [0.5, 0.6) is 5.75 Å². The molecule has 0 aliphatic heterocycles. The summed E-state index contributed by atoms with van der Waals surface area (Å²) >= 11 is 0. The maximum Gasteiger partial charge on any atom is 0.249 e. The summed E-state index contributed by atoms with van der Waals surface area (Å²) in [5.74, 6) is -0.292. The van der Waals surface area contributed by atoms with E-state index in [0.29, 0.717) is 12.5 Å². The van der Waals surface area contributed by atoms with E-state index in [1.165, 1.54) is 18.3 Å². The van der Waals surface area contributed by atoms with E-state index in [9.17, 15) is 9.59 Å². The number of phenols is 1. The number of amides is 2. The van der Waals surface area contributed by atoms with Gasteiger partial charge in [-0.1, -0.05) is 13.8 Å². The number of hydrogen-bond acceptors (Lipinski definition) is 4. The van der Waals surface area contributed by atoms with Crippen molar-refractivity contribution < 1.29 is 14.7 Å². The van der Waals surface area contributed by atoms with Crippen molar-refractivity contribution in [1.29, 1.82) is 0 Å². The number of hydrogen-bond donors (Lipinski definition) is 3. The molecule has 108 valence electrons. The molecule has 1 aromatic rings. The lowest BCUT2D eigenvalue weighted by molar-refractivity contribution is -0.129. The third kappa shape index (κ3) is 6.53. The molecule has 3 N–H and O–H groups in total.